The summed E-state index contributed by atoms with van der Waals surface area (Å²) < 4.78 is 7.73. The first-order valence-electron chi connectivity index (χ1n) is 7.42. The molecule has 4 rings (SSSR count). The van der Waals surface area contributed by atoms with Crippen LogP contribution in [0.5, 0.6) is 5.75 Å². The normalized spacial score (nSPS) is 18.9. The third kappa shape index (κ3) is 1.99. The SMILES string of the molecule is COc1ccc2c(c1)nc(CCl)n2C(C1CC1)C1CC1. The summed E-state index contributed by atoms with van der Waals surface area (Å²) >= 11 is 6.16. The van der Waals surface area contributed by atoms with Crippen molar-refractivity contribution in [1.82, 2.24) is 9.55 Å². The van der Waals surface area contributed by atoms with Gasteiger partial charge in [0, 0.05) is 12.1 Å². The zero-order valence-electron chi connectivity index (χ0n) is 11.7. The van der Waals surface area contributed by atoms with Crippen molar-refractivity contribution in [2.24, 2.45) is 11.8 Å². The van der Waals surface area contributed by atoms with Crippen LogP contribution in [0.3, 0.4) is 0 Å². The van der Waals surface area contributed by atoms with Gasteiger partial charge in [-0.05, 0) is 49.7 Å². The lowest BCUT2D eigenvalue weighted by Crippen LogP contribution is -2.15. The fraction of sp³-hybridized carbons (Fsp3) is 0.562. The number of rotatable bonds is 5. The van der Waals surface area contributed by atoms with Crippen molar-refractivity contribution in [2.75, 3.05) is 7.11 Å². The van der Waals surface area contributed by atoms with Gasteiger partial charge < -0.3 is 9.30 Å². The average molecular weight is 291 g/mol. The minimum Gasteiger partial charge on any atom is -0.497 e. The number of nitrogens with zero attached hydrogens (tertiary/aromatic N) is 2. The van der Waals surface area contributed by atoms with E-state index >= 15 is 0 Å². The Morgan fingerprint density at radius 2 is 2.00 bits per heavy atom. The Morgan fingerprint density at radius 3 is 2.55 bits per heavy atom. The molecule has 3 nitrogen and oxygen atoms in total. The van der Waals surface area contributed by atoms with Crippen molar-refractivity contribution < 1.29 is 4.74 Å². The quantitative estimate of drug-likeness (QED) is 0.774. The highest BCUT2D eigenvalue weighted by Gasteiger charge is 2.43. The van der Waals surface area contributed by atoms with E-state index in [0.29, 0.717) is 11.9 Å². The maximum absolute atomic E-state index is 6.16. The van der Waals surface area contributed by atoms with E-state index in [-0.39, 0.29) is 0 Å². The summed E-state index contributed by atoms with van der Waals surface area (Å²) in [5.74, 6) is 4.02. The Kier molecular flexibility index (Phi) is 2.92. The topological polar surface area (TPSA) is 27.1 Å². The molecule has 0 aliphatic heterocycles. The van der Waals surface area contributed by atoms with Crippen LogP contribution in [0.4, 0.5) is 0 Å². The third-order valence-electron chi connectivity index (χ3n) is 4.60. The Bertz CT molecular complexity index is 631. The van der Waals surface area contributed by atoms with Crippen molar-refractivity contribution >= 4 is 22.6 Å². The second kappa shape index (κ2) is 4.66. The molecule has 0 spiro atoms. The standard InChI is InChI=1S/C16H19ClN2O/c1-20-12-6-7-14-13(8-12)18-15(9-17)19(14)16(10-2-3-10)11-4-5-11/h6-8,10-11,16H,2-5,9H2,1H3. The van der Waals surface area contributed by atoms with Crippen LogP contribution in [0.2, 0.25) is 0 Å². The number of hydrogen-bond donors (Lipinski definition) is 0. The van der Waals surface area contributed by atoms with Gasteiger partial charge in [-0.25, -0.2) is 4.98 Å². The van der Waals surface area contributed by atoms with Crippen LogP contribution in [-0.2, 0) is 5.88 Å². The minimum absolute atomic E-state index is 0.479. The molecule has 2 fully saturated rings. The zero-order valence-corrected chi connectivity index (χ0v) is 12.4. The van der Waals surface area contributed by atoms with E-state index in [4.69, 9.17) is 21.3 Å². The first-order valence-corrected chi connectivity index (χ1v) is 7.96. The van der Waals surface area contributed by atoms with Crippen LogP contribution in [0, 0.1) is 11.8 Å². The lowest BCUT2D eigenvalue weighted by atomic mass is 10.1. The first kappa shape index (κ1) is 12.5. The average Bonchev–Trinajstić information content (AvgIpc) is 3.37. The second-order valence-electron chi connectivity index (χ2n) is 6.05. The number of methoxy groups -OCH3 is 1. The number of alkyl halides is 1. The van der Waals surface area contributed by atoms with Gasteiger partial charge >= 0.3 is 0 Å². The number of ether oxygens (including phenoxy) is 1. The lowest BCUT2D eigenvalue weighted by molar-refractivity contribution is 0.395. The summed E-state index contributed by atoms with van der Waals surface area (Å²) in [5.41, 5.74) is 2.22. The summed E-state index contributed by atoms with van der Waals surface area (Å²) in [6, 6.07) is 6.78. The van der Waals surface area contributed by atoms with Gasteiger partial charge in [-0.3, -0.25) is 0 Å². The molecule has 0 saturated heterocycles. The highest BCUT2D eigenvalue weighted by molar-refractivity contribution is 6.16. The van der Waals surface area contributed by atoms with E-state index in [1.165, 1.54) is 31.2 Å². The van der Waals surface area contributed by atoms with E-state index in [2.05, 4.69) is 10.6 Å². The number of aromatic nitrogens is 2. The molecular weight excluding hydrogens is 272 g/mol. The molecule has 4 heteroatoms. The summed E-state index contributed by atoms with van der Waals surface area (Å²) in [6.45, 7) is 0. The van der Waals surface area contributed by atoms with Crippen LogP contribution < -0.4 is 4.74 Å². The van der Waals surface area contributed by atoms with Gasteiger partial charge in [0.25, 0.3) is 0 Å². The Labute approximate surface area is 123 Å². The minimum atomic E-state index is 0.479. The summed E-state index contributed by atoms with van der Waals surface area (Å²) in [7, 11) is 1.69. The van der Waals surface area contributed by atoms with Gasteiger partial charge in [-0.1, -0.05) is 0 Å². The molecule has 2 aliphatic carbocycles. The van der Waals surface area contributed by atoms with Gasteiger partial charge in [0.05, 0.1) is 24.0 Å². The lowest BCUT2D eigenvalue weighted by Gasteiger charge is -2.21. The monoisotopic (exact) mass is 290 g/mol. The zero-order chi connectivity index (χ0) is 13.7. The molecule has 0 bridgehead atoms. The van der Waals surface area contributed by atoms with E-state index < -0.39 is 0 Å². The fourth-order valence-corrected chi connectivity index (χ4v) is 3.55. The first-order chi connectivity index (χ1) is 9.81. The highest BCUT2D eigenvalue weighted by atomic mass is 35.5. The fourth-order valence-electron chi connectivity index (χ4n) is 3.36. The Hall–Kier alpha value is -1.22. The number of fused-ring (bicyclic) bond motifs is 1. The van der Waals surface area contributed by atoms with Crippen molar-refractivity contribution in [3.63, 3.8) is 0 Å². The highest BCUT2D eigenvalue weighted by Crippen LogP contribution is 2.53. The molecule has 2 saturated carbocycles. The Morgan fingerprint density at radius 1 is 1.30 bits per heavy atom. The summed E-state index contributed by atoms with van der Waals surface area (Å²) in [5, 5.41) is 0. The molecule has 2 aromatic rings. The molecule has 2 aliphatic rings. The predicted octanol–water partition coefficient (Wildman–Crippen LogP) is 4.14. The number of benzene rings is 1. The van der Waals surface area contributed by atoms with E-state index in [1.807, 2.05) is 12.1 Å². The summed E-state index contributed by atoms with van der Waals surface area (Å²) in [6.07, 6.45) is 5.44. The molecule has 0 unspecified atom stereocenters. The van der Waals surface area contributed by atoms with Gasteiger partial charge in [0.2, 0.25) is 0 Å². The maximum Gasteiger partial charge on any atom is 0.125 e. The van der Waals surface area contributed by atoms with Crippen molar-refractivity contribution in [3.05, 3.63) is 24.0 Å². The van der Waals surface area contributed by atoms with Gasteiger partial charge in [0.1, 0.15) is 11.6 Å². The van der Waals surface area contributed by atoms with Crippen LogP contribution in [0.1, 0.15) is 37.5 Å². The van der Waals surface area contributed by atoms with Gasteiger partial charge in [-0.15, -0.1) is 11.6 Å². The van der Waals surface area contributed by atoms with Crippen LogP contribution >= 0.6 is 11.6 Å². The van der Waals surface area contributed by atoms with Crippen molar-refractivity contribution in [2.45, 2.75) is 37.6 Å². The Balaban J connectivity index is 1.87. The molecule has 0 amide bonds. The number of imidazole rings is 1. The van der Waals surface area contributed by atoms with E-state index in [0.717, 1.165) is 28.9 Å². The van der Waals surface area contributed by atoms with Crippen molar-refractivity contribution in [3.8, 4) is 5.75 Å². The van der Waals surface area contributed by atoms with Crippen LogP contribution in [0.25, 0.3) is 11.0 Å². The molecular formula is C16H19ClN2O. The number of hydrogen-bond acceptors (Lipinski definition) is 2. The number of halogens is 1. The molecule has 1 aromatic heterocycles. The largest absolute Gasteiger partial charge is 0.497 e. The van der Waals surface area contributed by atoms with E-state index in [9.17, 15) is 0 Å². The molecule has 1 aromatic carbocycles. The molecule has 20 heavy (non-hydrogen) atoms. The molecule has 0 N–H and O–H groups in total. The molecule has 0 atom stereocenters. The predicted molar refractivity (Wildman–Crippen MR) is 80.3 cm³/mol. The third-order valence-corrected chi connectivity index (χ3v) is 4.84. The smallest absolute Gasteiger partial charge is 0.125 e. The summed E-state index contributed by atoms with van der Waals surface area (Å²) in [4.78, 5) is 4.73. The maximum atomic E-state index is 6.16. The van der Waals surface area contributed by atoms with E-state index in [1.54, 1.807) is 7.11 Å². The van der Waals surface area contributed by atoms with Crippen LogP contribution in [-0.4, -0.2) is 16.7 Å². The molecule has 0 radical (unpaired) electrons. The van der Waals surface area contributed by atoms with Gasteiger partial charge in [-0.2, -0.15) is 0 Å². The molecule has 1 heterocycles. The second-order valence-corrected chi connectivity index (χ2v) is 6.32. The van der Waals surface area contributed by atoms with Crippen molar-refractivity contribution in [1.29, 1.82) is 0 Å². The van der Waals surface area contributed by atoms with Crippen LogP contribution in [0.15, 0.2) is 18.2 Å². The van der Waals surface area contributed by atoms with Gasteiger partial charge in [0.15, 0.2) is 0 Å². The molecule has 106 valence electrons.